The van der Waals surface area contributed by atoms with Crippen molar-refractivity contribution in [2.45, 2.75) is 18.9 Å². The molecule has 2 aromatic carbocycles. The summed E-state index contributed by atoms with van der Waals surface area (Å²) >= 11 is 6.09. The highest BCUT2D eigenvalue weighted by Crippen LogP contribution is 2.29. The number of rotatable bonds is 3. The predicted octanol–water partition coefficient (Wildman–Crippen LogP) is 3.50. The van der Waals surface area contributed by atoms with Gasteiger partial charge in [0.2, 0.25) is 0 Å². The maximum absolute atomic E-state index is 10.5. The summed E-state index contributed by atoms with van der Waals surface area (Å²) < 4.78 is 0. The number of hydrogen-bond donors (Lipinski definition) is 2. The van der Waals surface area contributed by atoms with Gasteiger partial charge < -0.3 is 10.2 Å². The summed E-state index contributed by atoms with van der Waals surface area (Å²) in [5, 5.41) is 20.4. The van der Waals surface area contributed by atoms with Gasteiger partial charge in [0, 0.05) is 11.4 Å². The maximum atomic E-state index is 10.5. The molecule has 0 saturated carbocycles. The molecule has 0 aliphatic carbocycles. The Balaban J connectivity index is 2.27. The fourth-order valence-electron chi connectivity index (χ4n) is 1.94. The van der Waals surface area contributed by atoms with Crippen molar-refractivity contribution in [2.24, 2.45) is 0 Å². The second-order valence-corrected chi connectivity index (χ2v) is 5.00. The van der Waals surface area contributed by atoms with E-state index in [1.165, 1.54) is 0 Å². The van der Waals surface area contributed by atoms with Gasteiger partial charge in [-0.1, -0.05) is 41.9 Å². The molecule has 2 aromatic rings. The van der Waals surface area contributed by atoms with E-state index < -0.39 is 5.60 Å². The molecular weight excluding hydrogens is 248 g/mol. The van der Waals surface area contributed by atoms with Gasteiger partial charge in [0.05, 0.1) is 5.60 Å². The topological polar surface area (TPSA) is 40.5 Å². The van der Waals surface area contributed by atoms with E-state index in [0.717, 1.165) is 11.1 Å². The van der Waals surface area contributed by atoms with Crippen molar-refractivity contribution < 1.29 is 10.2 Å². The van der Waals surface area contributed by atoms with E-state index in [1.54, 1.807) is 31.2 Å². The van der Waals surface area contributed by atoms with Crippen LogP contribution in [0.25, 0.3) is 0 Å². The first-order valence-corrected chi connectivity index (χ1v) is 6.12. The van der Waals surface area contributed by atoms with Crippen LogP contribution in [0.5, 0.6) is 5.75 Å². The largest absolute Gasteiger partial charge is 0.508 e. The molecule has 0 aliphatic rings. The number of aromatic hydroxyl groups is 1. The molecule has 0 saturated heterocycles. The van der Waals surface area contributed by atoms with Crippen LogP contribution in [0.4, 0.5) is 0 Å². The average Bonchev–Trinajstić information content (AvgIpc) is 2.32. The molecule has 2 N–H and O–H groups in total. The van der Waals surface area contributed by atoms with Crippen LogP contribution in [-0.4, -0.2) is 10.2 Å². The Kier molecular flexibility index (Phi) is 3.60. The Morgan fingerprint density at radius 1 is 1.06 bits per heavy atom. The van der Waals surface area contributed by atoms with Gasteiger partial charge in [-0.15, -0.1) is 0 Å². The molecule has 1 atom stereocenters. The number of hydrogen-bond acceptors (Lipinski definition) is 2. The predicted molar refractivity (Wildman–Crippen MR) is 72.8 cm³/mol. The molecule has 18 heavy (non-hydrogen) atoms. The first-order valence-electron chi connectivity index (χ1n) is 5.74. The van der Waals surface area contributed by atoms with E-state index in [4.69, 9.17) is 11.6 Å². The van der Waals surface area contributed by atoms with Crippen molar-refractivity contribution in [1.82, 2.24) is 0 Å². The van der Waals surface area contributed by atoms with E-state index in [2.05, 4.69) is 0 Å². The fourth-order valence-corrected chi connectivity index (χ4v) is 2.14. The van der Waals surface area contributed by atoms with Crippen molar-refractivity contribution in [2.75, 3.05) is 0 Å². The van der Waals surface area contributed by atoms with Crippen LogP contribution in [-0.2, 0) is 12.0 Å². The highest BCUT2D eigenvalue weighted by Gasteiger charge is 2.24. The minimum atomic E-state index is -1.02. The standard InChI is InChI=1S/C15H15ClO2/c1-15(18,12-6-8-13(17)9-7-12)10-11-4-2-3-5-14(11)16/h2-9,17-18H,10H2,1H3. The van der Waals surface area contributed by atoms with E-state index in [-0.39, 0.29) is 5.75 Å². The molecule has 0 radical (unpaired) electrons. The van der Waals surface area contributed by atoms with Crippen LogP contribution >= 0.6 is 11.6 Å². The van der Waals surface area contributed by atoms with Gasteiger partial charge in [-0.05, 0) is 36.2 Å². The van der Waals surface area contributed by atoms with Crippen LogP contribution in [0, 0.1) is 0 Å². The SMILES string of the molecule is CC(O)(Cc1ccccc1Cl)c1ccc(O)cc1. The summed E-state index contributed by atoms with van der Waals surface area (Å²) in [6, 6.07) is 14.0. The molecular formula is C15H15ClO2. The zero-order valence-electron chi connectivity index (χ0n) is 10.1. The number of phenols is 1. The summed E-state index contributed by atoms with van der Waals surface area (Å²) in [7, 11) is 0. The van der Waals surface area contributed by atoms with Gasteiger partial charge in [0.25, 0.3) is 0 Å². The first-order chi connectivity index (χ1) is 8.49. The third kappa shape index (κ3) is 2.84. The Labute approximate surface area is 111 Å². The lowest BCUT2D eigenvalue weighted by molar-refractivity contribution is 0.0576. The van der Waals surface area contributed by atoms with Crippen LogP contribution in [0.15, 0.2) is 48.5 Å². The minimum Gasteiger partial charge on any atom is -0.508 e. The summed E-state index contributed by atoms with van der Waals surface area (Å²) in [5.74, 6) is 0.187. The molecule has 94 valence electrons. The second-order valence-electron chi connectivity index (χ2n) is 4.59. The lowest BCUT2D eigenvalue weighted by Gasteiger charge is -2.24. The third-order valence-electron chi connectivity index (χ3n) is 2.98. The van der Waals surface area contributed by atoms with Gasteiger partial charge in [0.15, 0.2) is 0 Å². The van der Waals surface area contributed by atoms with Crippen LogP contribution in [0.3, 0.4) is 0 Å². The normalized spacial score (nSPS) is 14.2. The molecule has 0 bridgehead atoms. The van der Waals surface area contributed by atoms with Crippen LogP contribution in [0.2, 0.25) is 5.02 Å². The van der Waals surface area contributed by atoms with E-state index in [9.17, 15) is 10.2 Å². The van der Waals surface area contributed by atoms with Gasteiger partial charge in [0.1, 0.15) is 5.75 Å². The van der Waals surface area contributed by atoms with Crippen molar-refractivity contribution in [3.05, 3.63) is 64.7 Å². The minimum absolute atomic E-state index is 0.187. The fraction of sp³-hybridized carbons (Fsp3) is 0.200. The zero-order chi connectivity index (χ0) is 13.2. The third-order valence-corrected chi connectivity index (χ3v) is 3.35. The molecule has 0 amide bonds. The molecule has 2 rings (SSSR count). The lowest BCUT2D eigenvalue weighted by Crippen LogP contribution is -2.24. The monoisotopic (exact) mass is 262 g/mol. The van der Waals surface area contributed by atoms with Crippen LogP contribution < -0.4 is 0 Å². The molecule has 3 heteroatoms. The smallest absolute Gasteiger partial charge is 0.115 e. The lowest BCUT2D eigenvalue weighted by atomic mass is 9.89. The van der Waals surface area contributed by atoms with Crippen molar-refractivity contribution >= 4 is 11.6 Å². The van der Waals surface area contributed by atoms with Gasteiger partial charge in [-0.3, -0.25) is 0 Å². The van der Waals surface area contributed by atoms with Gasteiger partial charge in [-0.25, -0.2) is 0 Å². The Morgan fingerprint density at radius 3 is 2.28 bits per heavy atom. The van der Waals surface area contributed by atoms with Crippen molar-refractivity contribution in [3.8, 4) is 5.75 Å². The Bertz CT molecular complexity index is 532. The number of benzene rings is 2. The quantitative estimate of drug-likeness (QED) is 0.889. The summed E-state index contributed by atoms with van der Waals surface area (Å²) in [6.45, 7) is 1.74. The summed E-state index contributed by atoms with van der Waals surface area (Å²) in [5.41, 5.74) is 0.635. The molecule has 2 nitrogen and oxygen atoms in total. The Morgan fingerprint density at radius 2 is 1.67 bits per heavy atom. The highest BCUT2D eigenvalue weighted by molar-refractivity contribution is 6.31. The van der Waals surface area contributed by atoms with Gasteiger partial charge >= 0.3 is 0 Å². The molecule has 0 aromatic heterocycles. The van der Waals surface area contributed by atoms with E-state index in [1.807, 2.05) is 24.3 Å². The highest BCUT2D eigenvalue weighted by atomic mass is 35.5. The Hall–Kier alpha value is -1.51. The molecule has 1 unspecified atom stereocenters. The zero-order valence-corrected chi connectivity index (χ0v) is 10.9. The van der Waals surface area contributed by atoms with Gasteiger partial charge in [-0.2, -0.15) is 0 Å². The average molecular weight is 263 g/mol. The first kappa shape index (κ1) is 12.9. The summed E-state index contributed by atoms with van der Waals surface area (Å²) in [4.78, 5) is 0. The van der Waals surface area contributed by atoms with Crippen molar-refractivity contribution in [1.29, 1.82) is 0 Å². The maximum Gasteiger partial charge on any atom is 0.115 e. The van der Waals surface area contributed by atoms with Crippen molar-refractivity contribution in [3.63, 3.8) is 0 Å². The molecule has 0 heterocycles. The number of phenolic OH excluding ortho intramolecular Hbond substituents is 1. The van der Waals surface area contributed by atoms with E-state index in [0.29, 0.717) is 11.4 Å². The molecule has 0 fully saturated rings. The number of aliphatic hydroxyl groups is 1. The van der Waals surface area contributed by atoms with Crippen LogP contribution in [0.1, 0.15) is 18.1 Å². The summed E-state index contributed by atoms with van der Waals surface area (Å²) in [6.07, 6.45) is 0.428. The second kappa shape index (κ2) is 5.01. The molecule has 0 aliphatic heterocycles. The van der Waals surface area contributed by atoms with E-state index >= 15 is 0 Å². The number of halogens is 1. The molecule has 0 spiro atoms.